The highest BCUT2D eigenvalue weighted by atomic mass is 16.5. The molecule has 2 heterocycles. The molecule has 1 aromatic heterocycles. The van der Waals surface area contributed by atoms with E-state index in [1.807, 2.05) is 12.5 Å². The van der Waals surface area contributed by atoms with Crippen LogP contribution in [0.3, 0.4) is 0 Å². The quantitative estimate of drug-likeness (QED) is 0.770. The summed E-state index contributed by atoms with van der Waals surface area (Å²) in [5, 5.41) is 3.37. The molecule has 1 atom stereocenters. The van der Waals surface area contributed by atoms with Crippen LogP contribution in [-0.4, -0.2) is 47.6 Å². The van der Waals surface area contributed by atoms with Crippen LogP contribution in [0.15, 0.2) is 18.7 Å². The lowest BCUT2D eigenvalue weighted by Gasteiger charge is -2.36. The van der Waals surface area contributed by atoms with Gasteiger partial charge in [0.05, 0.1) is 24.6 Å². The molecule has 1 N–H and O–H groups in total. The third-order valence-electron chi connectivity index (χ3n) is 2.98. The molecule has 1 saturated heterocycles. The van der Waals surface area contributed by atoms with Gasteiger partial charge in [0.15, 0.2) is 0 Å². The predicted molar refractivity (Wildman–Crippen MR) is 69.5 cm³/mol. The molecule has 0 spiro atoms. The molecule has 0 radical (unpaired) electrons. The average Bonchev–Trinajstić information content (AvgIpc) is 2.80. The van der Waals surface area contributed by atoms with Crippen molar-refractivity contribution in [3.8, 4) is 0 Å². The highest BCUT2D eigenvalue weighted by molar-refractivity contribution is 4.81. The van der Waals surface area contributed by atoms with Crippen LogP contribution in [-0.2, 0) is 16.0 Å². The largest absolute Gasteiger partial charge is 0.379 e. The minimum atomic E-state index is -0.0803. The van der Waals surface area contributed by atoms with E-state index in [4.69, 9.17) is 9.47 Å². The zero-order valence-electron chi connectivity index (χ0n) is 11.3. The number of rotatable bonds is 6. The molecule has 18 heavy (non-hydrogen) atoms. The Kier molecular flexibility index (Phi) is 4.74. The molecule has 5 heteroatoms. The van der Waals surface area contributed by atoms with Gasteiger partial charge in [0.1, 0.15) is 0 Å². The predicted octanol–water partition coefficient (Wildman–Crippen LogP) is 1.06. The fourth-order valence-corrected chi connectivity index (χ4v) is 2.14. The Hall–Kier alpha value is -0.910. The van der Waals surface area contributed by atoms with Crippen LogP contribution < -0.4 is 5.32 Å². The molecule has 1 aliphatic rings. The minimum Gasteiger partial charge on any atom is -0.379 e. The molecular formula is C13H23N3O2. The first-order valence-corrected chi connectivity index (χ1v) is 6.58. The van der Waals surface area contributed by atoms with Crippen molar-refractivity contribution in [1.82, 2.24) is 14.9 Å². The Balaban J connectivity index is 1.55. The minimum absolute atomic E-state index is 0.0803. The van der Waals surface area contributed by atoms with Crippen molar-refractivity contribution in [3.05, 3.63) is 18.7 Å². The lowest BCUT2D eigenvalue weighted by atomic mass is 10.1. The zero-order valence-corrected chi connectivity index (χ0v) is 11.3. The Labute approximate surface area is 108 Å². The maximum atomic E-state index is 5.92. The highest BCUT2D eigenvalue weighted by Crippen LogP contribution is 2.15. The maximum absolute atomic E-state index is 5.92. The van der Waals surface area contributed by atoms with Crippen molar-refractivity contribution >= 4 is 0 Å². The molecule has 0 aliphatic carbocycles. The monoisotopic (exact) mass is 253 g/mol. The van der Waals surface area contributed by atoms with Crippen LogP contribution in [0.1, 0.15) is 20.3 Å². The van der Waals surface area contributed by atoms with Crippen LogP contribution in [0, 0.1) is 0 Å². The molecule has 1 fully saturated rings. The van der Waals surface area contributed by atoms with E-state index in [9.17, 15) is 0 Å². The number of hydrogen-bond acceptors (Lipinski definition) is 4. The second kappa shape index (κ2) is 6.31. The molecule has 0 bridgehead atoms. The van der Waals surface area contributed by atoms with E-state index in [0.717, 1.165) is 32.7 Å². The van der Waals surface area contributed by atoms with Gasteiger partial charge in [-0.15, -0.1) is 0 Å². The number of aromatic nitrogens is 2. The van der Waals surface area contributed by atoms with E-state index in [0.29, 0.717) is 6.61 Å². The summed E-state index contributed by atoms with van der Waals surface area (Å²) in [5.74, 6) is 0. The first-order valence-electron chi connectivity index (χ1n) is 6.58. The summed E-state index contributed by atoms with van der Waals surface area (Å²) in [4.78, 5) is 4.00. The second-order valence-electron chi connectivity index (χ2n) is 5.36. The Morgan fingerprint density at radius 2 is 2.44 bits per heavy atom. The molecule has 1 aliphatic heterocycles. The molecule has 0 amide bonds. The maximum Gasteiger partial charge on any atom is 0.0945 e. The van der Waals surface area contributed by atoms with Crippen molar-refractivity contribution < 1.29 is 9.47 Å². The number of ether oxygens (including phenoxy) is 2. The molecular weight excluding hydrogens is 230 g/mol. The Morgan fingerprint density at radius 3 is 3.17 bits per heavy atom. The summed E-state index contributed by atoms with van der Waals surface area (Å²) < 4.78 is 13.7. The van der Waals surface area contributed by atoms with Gasteiger partial charge in [-0.3, -0.25) is 0 Å². The summed E-state index contributed by atoms with van der Waals surface area (Å²) in [6.07, 6.45) is 6.76. The third kappa shape index (κ3) is 4.40. The first-order chi connectivity index (χ1) is 8.66. The van der Waals surface area contributed by atoms with E-state index in [-0.39, 0.29) is 11.7 Å². The van der Waals surface area contributed by atoms with Crippen molar-refractivity contribution in [2.45, 2.75) is 38.5 Å². The molecule has 5 nitrogen and oxygen atoms in total. The zero-order chi connectivity index (χ0) is 12.8. The van der Waals surface area contributed by atoms with Crippen molar-refractivity contribution in [2.75, 3.05) is 26.3 Å². The van der Waals surface area contributed by atoms with Gasteiger partial charge in [0.25, 0.3) is 0 Å². The van der Waals surface area contributed by atoms with E-state index in [2.05, 4.69) is 28.7 Å². The number of hydrogen-bond donors (Lipinski definition) is 1. The van der Waals surface area contributed by atoms with Gasteiger partial charge in [-0.25, -0.2) is 4.98 Å². The smallest absolute Gasteiger partial charge is 0.0945 e. The van der Waals surface area contributed by atoms with Gasteiger partial charge in [-0.2, -0.15) is 0 Å². The van der Waals surface area contributed by atoms with Crippen LogP contribution in [0.4, 0.5) is 0 Å². The molecule has 1 unspecified atom stereocenters. The van der Waals surface area contributed by atoms with Crippen LogP contribution >= 0.6 is 0 Å². The summed E-state index contributed by atoms with van der Waals surface area (Å²) in [7, 11) is 0. The number of imidazole rings is 1. The fourth-order valence-electron chi connectivity index (χ4n) is 2.14. The van der Waals surface area contributed by atoms with Gasteiger partial charge < -0.3 is 19.4 Å². The van der Waals surface area contributed by atoms with E-state index >= 15 is 0 Å². The topological polar surface area (TPSA) is 48.3 Å². The number of nitrogens with zero attached hydrogens (tertiary/aromatic N) is 2. The van der Waals surface area contributed by atoms with Crippen LogP contribution in [0.5, 0.6) is 0 Å². The third-order valence-corrected chi connectivity index (χ3v) is 2.98. The summed E-state index contributed by atoms with van der Waals surface area (Å²) >= 11 is 0. The standard InChI is InChI=1S/C13H23N3O2/c1-13(2)10-15-8-12(18-13)9-17-7-3-5-16-6-4-14-11-16/h4,6,11-12,15H,3,5,7-10H2,1-2H3. The molecule has 102 valence electrons. The average molecular weight is 253 g/mol. The lowest BCUT2D eigenvalue weighted by Crippen LogP contribution is -2.51. The normalized spacial score (nSPS) is 23.1. The van der Waals surface area contributed by atoms with E-state index in [1.165, 1.54) is 0 Å². The van der Waals surface area contributed by atoms with Crippen LogP contribution in [0.25, 0.3) is 0 Å². The van der Waals surface area contributed by atoms with E-state index in [1.54, 1.807) is 6.20 Å². The summed E-state index contributed by atoms with van der Waals surface area (Å²) in [5.41, 5.74) is -0.0803. The molecule has 0 saturated carbocycles. The van der Waals surface area contributed by atoms with Crippen molar-refractivity contribution in [3.63, 3.8) is 0 Å². The molecule has 2 rings (SSSR count). The molecule has 0 aromatic carbocycles. The van der Waals surface area contributed by atoms with Gasteiger partial charge in [0, 0.05) is 38.6 Å². The first kappa shape index (κ1) is 13.5. The van der Waals surface area contributed by atoms with Gasteiger partial charge >= 0.3 is 0 Å². The van der Waals surface area contributed by atoms with Crippen molar-refractivity contribution in [2.24, 2.45) is 0 Å². The second-order valence-corrected chi connectivity index (χ2v) is 5.36. The highest BCUT2D eigenvalue weighted by Gasteiger charge is 2.28. The number of morpholine rings is 1. The van der Waals surface area contributed by atoms with Gasteiger partial charge in [0.2, 0.25) is 0 Å². The Bertz CT molecular complexity index is 338. The number of aryl methyl sites for hydroxylation is 1. The lowest BCUT2D eigenvalue weighted by molar-refractivity contribution is -0.120. The summed E-state index contributed by atoms with van der Waals surface area (Å²) in [6, 6.07) is 0. The van der Waals surface area contributed by atoms with Gasteiger partial charge in [-0.05, 0) is 20.3 Å². The number of nitrogens with one attached hydrogen (secondary N) is 1. The fraction of sp³-hybridized carbons (Fsp3) is 0.769. The van der Waals surface area contributed by atoms with Crippen LogP contribution in [0.2, 0.25) is 0 Å². The van der Waals surface area contributed by atoms with Gasteiger partial charge in [-0.1, -0.05) is 0 Å². The summed E-state index contributed by atoms with van der Waals surface area (Å²) in [6.45, 7) is 8.37. The molecule has 1 aromatic rings. The Morgan fingerprint density at radius 1 is 1.56 bits per heavy atom. The van der Waals surface area contributed by atoms with E-state index < -0.39 is 0 Å². The van der Waals surface area contributed by atoms with Crippen molar-refractivity contribution in [1.29, 1.82) is 0 Å². The SMILES string of the molecule is CC1(C)CNCC(COCCCn2ccnc2)O1.